The van der Waals surface area contributed by atoms with Crippen molar-refractivity contribution in [1.82, 2.24) is 14.5 Å². The van der Waals surface area contributed by atoms with Crippen LogP contribution in [0.15, 0.2) is 96.1 Å². The van der Waals surface area contributed by atoms with Gasteiger partial charge in [-0.05, 0) is 41.5 Å². The van der Waals surface area contributed by atoms with E-state index in [-0.39, 0.29) is 22.6 Å². The van der Waals surface area contributed by atoms with Gasteiger partial charge < -0.3 is 14.4 Å². The van der Waals surface area contributed by atoms with Gasteiger partial charge in [0.1, 0.15) is 11.9 Å². The summed E-state index contributed by atoms with van der Waals surface area (Å²) in [6.45, 7) is 2.93. The molecule has 2 aliphatic heterocycles. The number of nitro groups is 1. The van der Waals surface area contributed by atoms with Crippen LogP contribution < -0.4 is 10.5 Å². The molecule has 1 unspecified atom stereocenters. The Morgan fingerprint density at radius 2 is 1.75 bits per heavy atom. The first kappa shape index (κ1) is 25.8. The molecule has 0 bridgehead atoms. The number of aromatic nitrogens is 2. The number of nitro benzene ring substituents is 1. The lowest BCUT2D eigenvalue weighted by molar-refractivity contribution is -0.384. The van der Waals surface area contributed by atoms with Gasteiger partial charge in [0, 0.05) is 67.6 Å². The maximum atomic E-state index is 13.8. The number of carbonyl (C=O) groups is 1. The molecule has 1 spiro atoms. The van der Waals surface area contributed by atoms with Crippen molar-refractivity contribution in [2.24, 2.45) is 5.41 Å². The Bertz CT molecular complexity index is 1630. The van der Waals surface area contributed by atoms with E-state index in [0.717, 1.165) is 24.5 Å². The number of amides is 1. The van der Waals surface area contributed by atoms with Crippen molar-refractivity contribution in [3.8, 4) is 11.1 Å². The fourth-order valence-electron chi connectivity index (χ4n) is 5.75. The molecule has 6 rings (SSSR count). The minimum atomic E-state index is -0.748. The molecule has 2 aromatic heterocycles. The average molecular weight is 556 g/mol. The third-order valence-electron chi connectivity index (χ3n) is 7.70. The average Bonchev–Trinajstić information content (AvgIpc) is 2.91. The zero-order valence-corrected chi connectivity index (χ0v) is 22.3. The number of hydrogen-bond donors (Lipinski definition) is 0. The summed E-state index contributed by atoms with van der Waals surface area (Å²) < 4.78 is 1.43. The summed E-state index contributed by atoms with van der Waals surface area (Å²) >= 11 is 6.10. The highest BCUT2D eigenvalue weighted by molar-refractivity contribution is 6.31. The second-order valence-electron chi connectivity index (χ2n) is 10.5. The van der Waals surface area contributed by atoms with Gasteiger partial charge in [-0.2, -0.15) is 0 Å². The van der Waals surface area contributed by atoms with Gasteiger partial charge >= 0.3 is 0 Å². The molecule has 2 aliphatic rings. The fourth-order valence-corrected chi connectivity index (χ4v) is 5.92. The first-order chi connectivity index (χ1) is 19.3. The molecular formula is C30H26ClN5O4. The molecule has 202 valence electrons. The van der Waals surface area contributed by atoms with Crippen molar-refractivity contribution in [3.05, 3.63) is 122 Å². The summed E-state index contributed by atoms with van der Waals surface area (Å²) in [4.78, 5) is 46.8. The first-order valence-electron chi connectivity index (χ1n) is 13.0. The summed E-state index contributed by atoms with van der Waals surface area (Å²) in [6, 6.07) is 21.9. The summed E-state index contributed by atoms with van der Waals surface area (Å²) in [5.74, 6) is 0.820. The molecule has 0 aliphatic carbocycles. The maximum Gasteiger partial charge on any atom is 0.277 e. The number of hydrogen-bond acceptors (Lipinski definition) is 6. The van der Waals surface area contributed by atoms with E-state index in [2.05, 4.69) is 9.88 Å². The third-order valence-corrected chi connectivity index (χ3v) is 7.93. The Kier molecular flexibility index (Phi) is 6.59. The van der Waals surface area contributed by atoms with Crippen LogP contribution in [0, 0.1) is 15.5 Å². The molecule has 2 saturated heterocycles. The zero-order chi connectivity index (χ0) is 27.9. The monoisotopic (exact) mass is 555 g/mol. The topological polar surface area (TPSA) is 102 Å². The van der Waals surface area contributed by atoms with Crippen LogP contribution >= 0.6 is 11.6 Å². The predicted octanol–water partition coefficient (Wildman–Crippen LogP) is 4.60. The second kappa shape index (κ2) is 10.2. The smallest absolute Gasteiger partial charge is 0.277 e. The summed E-state index contributed by atoms with van der Waals surface area (Å²) in [5.41, 5.74) is 1.03. The highest BCUT2D eigenvalue weighted by Crippen LogP contribution is 2.42. The largest absolute Gasteiger partial charge is 0.355 e. The lowest BCUT2D eigenvalue weighted by atomic mass is 9.72. The molecule has 0 saturated carbocycles. The molecular weight excluding hydrogens is 530 g/mol. The number of halogens is 1. The van der Waals surface area contributed by atoms with Crippen LogP contribution in [-0.4, -0.2) is 51.5 Å². The molecule has 1 amide bonds. The van der Waals surface area contributed by atoms with Crippen molar-refractivity contribution in [2.75, 3.05) is 31.1 Å². The van der Waals surface area contributed by atoms with Crippen LogP contribution in [0.4, 0.5) is 11.5 Å². The SMILES string of the molecule is O=C(C(Cc1ccccc1)n1ccc(-c2cc(Cl)ccc2[N+](=O)[O-])cc1=O)N1CC2(C1)CN(c1ccccn1)C2. The van der Waals surface area contributed by atoms with E-state index in [0.29, 0.717) is 30.1 Å². The number of anilines is 1. The molecule has 40 heavy (non-hydrogen) atoms. The Hall–Kier alpha value is -4.50. The van der Waals surface area contributed by atoms with Crippen LogP contribution in [0.25, 0.3) is 11.1 Å². The minimum absolute atomic E-state index is 0.0464. The van der Waals surface area contributed by atoms with E-state index in [1.54, 1.807) is 18.5 Å². The zero-order valence-electron chi connectivity index (χ0n) is 21.5. The van der Waals surface area contributed by atoms with Gasteiger partial charge in [0.15, 0.2) is 0 Å². The molecule has 2 fully saturated rings. The van der Waals surface area contributed by atoms with E-state index < -0.39 is 16.5 Å². The lowest BCUT2D eigenvalue weighted by Gasteiger charge is -2.60. The normalized spacial score (nSPS) is 16.2. The van der Waals surface area contributed by atoms with Gasteiger partial charge in [-0.3, -0.25) is 19.7 Å². The molecule has 2 aromatic carbocycles. The first-order valence-corrected chi connectivity index (χ1v) is 13.3. The maximum absolute atomic E-state index is 13.8. The molecule has 9 nitrogen and oxygen atoms in total. The third kappa shape index (κ3) is 4.84. The predicted molar refractivity (Wildman–Crippen MR) is 152 cm³/mol. The van der Waals surface area contributed by atoms with Crippen molar-refractivity contribution in [1.29, 1.82) is 0 Å². The van der Waals surface area contributed by atoms with Gasteiger partial charge in [0.05, 0.1) is 10.5 Å². The van der Waals surface area contributed by atoms with Gasteiger partial charge in [0.25, 0.3) is 11.2 Å². The van der Waals surface area contributed by atoms with Crippen LogP contribution in [0.5, 0.6) is 0 Å². The quantitative estimate of drug-likeness (QED) is 0.244. The molecule has 4 aromatic rings. The van der Waals surface area contributed by atoms with E-state index in [9.17, 15) is 19.7 Å². The summed E-state index contributed by atoms with van der Waals surface area (Å²) in [6.07, 6.45) is 3.67. The standard InChI is InChI=1S/C30H26ClN5O4/c31-23-9-10-25(36(39)40)24(16-23)22-11-13-35(28(37)15-22)26(14-21-6-2-1-3-7-21)29(38)34-19-30(20-34)17-33(18-30)27-8-4-5-12-32-27/h1-13,15-16,26H,14,17-20H2. The van der Waals surface area contributed by atoms with E-state index >= 15 is 0 Å². The van der Waals surface area contributed by atoms with E-state index in [4.69, 9.17) is 11.6 Å². The summed E-state index contributed by atoms with van der Waals surface area (Å²) in [7, 11) is 0. The Balaban J connectivity index is 1.25. The van der Waals surface area contributed by atoms with Crippen LogP contribution in [0.3, 0.4) is 0 Å². The van der Waals surface area contributed by atoms with Gasteiger partial charge in [-0.25, -0.2) is 4.98 Å². The highest BCUT2D eigenvalue weighted by Gasteiger charge is 2.54. The van der Waals surface area contributed by atoms with Gasteiger partial charge in [-0.15, -0.1) is 0 Å². The van der Waals surface area contributed by atoms with Crippen molar-refractivity contribution in [3.63, 3.8) is 0 Å². The Morgan fingerprint density at radius 3 is 2.42 bits per heavy atom. The molecule has 4 heterocycles. The Morgan fingerprint density at radius 1 is 1.00 bits per heavy atom. The van der Waals surface area contributed by atoms with Crippen molar-refractivity contribution in [2.45, 2.75) is 12.5 Å². The van der Waals surface area contributed by atoms with Crippen LogP contribution in [0.2, 0.25) is 5.02 Å². The van der Waals surface area contributed by atoms with Gasteiger partial charge in [-0.1, -0.05) is 48.0 Å². The number of nitrogens with zero attached hydrogens (tertiary/aromatic N) is 5. The minimum Gasteiger partial charge on any atom is -0.355 e. The van der Waals surface area contributed by atoms with E-state index in [1.165, 1.54) is 28.8 Å². The fraction of sp³-hybridized carbons (Fsp3) is 0.233. The lowest BCUT2D eigenvalue weighted by Crippen LogP contribution is -2.73. The number of rotatable bonds is 7. The summed E-state index contributed by atoms with van der Waals surface area (Å²) in [5, 5.41) is 11.9. The van der Waals surface area contributed by atoms with Crippen LogP contribution in [-0.2, 0) is 11.2 Å². The number of carbonyl (C=O) groups excluding carboxylic acids is 1. The van der Waals surface area contributed by atoms with Crippen LogP contribution in [0.1, 0.15) is 11.6 Å². The van der Waals surface area contributed by atoms with Crippen molar-refractivity contribution >= 4 is 29.0 Å². The number of pyridine rings is 2. The molecule has 0 N–H and O–H groups in total. The molecule has 10 heteroatoms. The number of likely N-dealkylation sites (tertiary alicyclic amines) is 1. The van der Waals surface area contributed by atoms with Gasteiger partial charge in [0.2, 0.25) is 5.91 Å². The van der Waals surface area contributed by atoms with Crippen molar-refractivity contribution < 1.29 is 9.72 Å². The molecule has 1 atom stereocenters. The molecule has 0 radical (unpaired) electrons. The highest BCUT2D eigenvalue weighted by atomic mass is 35.5. The Labute approximate surface area is 235 Å². The second-order valence-corrected chi connectivity index (χ2v) is 11.0. The number of benzene rings is 2. The van der Waals surface area contributed by atoms with E-state index in [1.807, 2.05) is 53.4 Å².